The molecule has 0 aliphatic rings. The summed E-state index contributed by atoms with van der Waals surface area (Å²) < 4.78 is 0. The lowest BCUT2D eigenvalue weighted by Gasteiger charge is -2.02. The minimum atomic E-state index is 0.223. The van der Waals surface area contributed by atoms with E-state index in [9.17, 15) is 4.79 Å². The maximum atomic E-state index is 11.9. The summed E-state index contributed by atoms with van der Waals surface area (Å²) >= 11 is 0. The van der Waals surface area contributed by atoms with Gasteiger partial charge in [0.05, 0.1) is 0 Å². The minimum Gasteiger partial charge on any atom is -0.294 e. The van der Waals surface area contributed by atoms with Crippen molar-refractivity contribution in [3.63, 3.8) is 0 Å². The van der Waals surface area contributed by atoms with Crippen molar-refractivity contribution in [1.29, 1.82) is 0 Å². The van der Waals surface area contributed by atoms with Gasteiger partial charge in [-0.25, -0.2) is 0 Å². The van der Waals surface area contributed by atoms with Crippen molar-refractivity contribution in [2.24, 2.45) is 0 Å². The van der Waals surface area contributed by atoms with Crippen LogP contribution in [0.4, 0.5) is 0 Å². The first kappa shape index (κ1) is 13.4. The number of carbonyl (C=O) groups excluding carboxylic acids is 1. The minimum absolute atomic E-state index is 0.223. The molecular weight excluding hydrogens is 208 g/mol. The molecule has 0 atom stereocenters. The van der Waals surface area contributed by atoms with Gasteiger partial charge in [-0.05, 0) is 25.3 Å². The van der Waals surface area contributed by atoms with Crippen LogP contribution >= 0.6 is 0 Å². The zero-order chi connectivity index (χ0) is 12.5. The quantitative estimate of drug-likeness (QED) is 0.529. The largest absolute Gasteiger partial charge is 0.294 e. The molecule has 1 aromatic carbocycles. The Morgan fingerprint density at radius 3 is 2.53 bits per heavy atom. The normalized spacial score (nSPS) is 12.0. The third kappa shape index (κ3) is 4.81. The summed E-state index contributed by atoms with van der Waals surface area (Å²) in [4.78, 5) is 11.9. The maximum Gasteiger partial charge on any atom is 0.162 e. The standard InChI is InChI=1S/C16H20O/c1-3-5-11-15(4-2)16(17)13-12-14-9-7-6-8-10-14/h4-11H,3,12-13H2,1-2H3/b11-5-,15-4+. The molecule has 1 nitrogen and oxygen atoms in total. The van der Waals surface area contributed by atoms with Gasteiger partial charge in [0.25, 0.3) is 0 Å². The molecule has 0 aliphatic carbocycles. The summed E-state index contributed by atoms with van der Waals surface area (Å²) in [5.41, 5.74) is 2.04. The topological polar surface area (TPSA) is 17.1 Å². The molecule has 1 heteroatoms. The number of aryl methyl sites for hydroxylation is 1. The number of ketones is 1. The van der Waals surface area contributed by atoms with Gasteiger partial charge < -0.3 is 0 Å². The van der Waals surface area contributed by atoms with Crippen LogP contribution in [0.1, 0.15) is 32.3 Å². The molecule has 0 bridgehead atoms. The summed E-state index contributed by atoms with van der Waals surface area (Å²) in [6.07, 6.45) is 8.20. The van der Waals surface area contributed by atoms with E-state index in [-0.39, 0.29) is 5.78 Å². The lowest BCUT2D eigenvalue weighted by atomic mass is 10.0. The van der Waals surface area contributed by atoms with Crippen LogP contribution in [0.25, 0.3) is 0 Å². The summed E-state index contributed by atoms with van der Waals surface area (Å²) in [7, 11) is 0. The van der Waals surface area contributed by atoms with Gasteiger partial charge in [0, 0.05) is 12.0 Å². The van der Waals surface area contributed by atoms with Gasteiger partial charge in [0.1, 0.15) is 0 Å². The second-order valence-electron chi connectivity index (χ2n) is 3.96. The second-order valence-corrected chi connectivity index (χ2v) is 3.96. The van der Waals surface area contributed by atoms with Crippen molar-refractivity contribution in [2.45, 2.75) is 33.1 Å². The Hall–Kier alpha value is -1.63. The smallest absolute Gasteiger partial charge is 0.162 e. The van der Waals surface area contributed by atoms with Crippen LogP contribution in [0, 0.1) is 0 Å². The first-order chi connectivity index (χ1) is 8.27. The van der Waals surface area contributed by atoms with Crippen molar-refractivity contribution in [2.75, 3.05) is 0 Å². The monoisotopic (exact) mass is 228 g/mol. The lowest BCUT2D eigenvalue weighted by molar-refractivity contribution is -0.115. The van der Waals surface area contributed by atoms with E-state index in [1.807, 2.05) is 43.4 Å². The van der Waals surface area contributed by atoms with Crippen molar-refractivity contribution < 1.29 is 4.79 Å². The first-order valence-electron chi connectivity index (χ1n) is 6.18. The zero-order valence-corrected chi connectivity index (χ0v) is 10.6. The molecule has 17 heavy (non-hydrogen) atoms. The summed E-state index contributed by atoms with van der Waals surface area (Å²) in [5, 5.41) is 0. The highest BCUT2D eigenvalue weighted by molar-refractivity contribution is 5.97. The van der Waals surface area contributed by atoms with E-state index in [0.717, 1.165) is 18.4 Å². The number of hydrogen-bond donors (Lipinski definition) is 0. The second kappa shape index (κ2) is 7.61. The van der Waals surface area contributed by atoms with Crippen LogP contribution in [0.15, 0.2) is 54.1 Å². The van der Waals surface area contributed by atoms with E-state index in [1.54, 1.807) is 0 Å². The van der Waals surface area contributed by atoms with Crippen LogP contribution in [-0.2, 0) is 11.2 Å². The molecule has 0 fully saturated rings. The van der Waals surface area contributed by atoms with Crippen molar-refractivity contribution in [3.8, 4) is 0 Å². The molecule has 0 spiro atoms. The van der Waals surface area contributed by atoms with Crippen LogP contribution < -0.4 is 0 Å². The van der Waals surface area contributed by atoms with Crippen molar-refractivity contribution in [3.05, 3.63) is 59.7 Å². The highest BCUT2D eigenvalue weighted by Gasteiger charge is 2.05. The first-order valence-corrected chi connectivity index (χ1v) is 6.18. The summed E-state index contributed by atoms with van der Waals surface area (Å²) in [6.45, 7) is 3.98. The van der Waals surface area contributed by atoms with Gasteiger partial charge in [0.15, 0.2) is 5.78 Å². The number of hydrogen-bond acceptors (Lipinski definition) is 1. The Kier molecular flexibility index (Phi) is 6.02. The number of Topliss-reactive ketones (excluding diaryl/α,β-unsaturated/α-hetero) is 1. The number of allylic oxidation sites excluding steroid dienone is 4. The van der Waals surface area contributed by atoms with Crippen LogP contribution in [0.3, 0.4) is 0 Å². The molecule has 0 amide bonds. The highest BCUT2D eigenvalue weighted by atomic mass is 16.1. The molecule has 0 saturated carbocycles. The van der Waals surface area contributed by atoms with E-state index < -0.39 is 0 Å². The molecule has 0 N–H and O–H groups in total. The van der Waals surface area contributed by atoms with Crippen molar-refractivity contribution in [1.82, 2.24) is 0 Å². The molecule has 90 valence electrons. The molecule has 0 aliphatic heterocycles. The number of carbonyl (C=O) groups is 1. The molecular formula is C16H20O. The van der Waals surface area contributed by atoms with Crippen LogP contribution in [0.5, 0.6) is 0 Å². The van der Waals surface area contributed by atoms with E-state index in [2.05, 4.69) is 19.1 Å². The fourth-order valence-corrected chi connectivity index (χ4v) is 1.64. The average Bonchev–Trinajstić information content (AvgIpc) is 2.38. The fourth-order valence-electron chi connectivity index (χ4n) is 1.64. The highest BCUT2D eigenvalue weighted by Crippen LogP contribution is 2.08. The van der Waals surface area contributed by atoms with Gasteiger partial charge in [-0.1, -0.05) is 55.5 Å². The maximum absolute atomic E-state index is 11.9. The van der Waals surface area contributed by atoms with Gasteiger partial charge in [-0.2, -0.15) is 0 Å². The van der Waals surface area contributed by atoms with E-state index in [0.29, 0.717) is 6.42 Å². The van der Waals surface area contributed by atoms with E-state index >= 15 is 0 Å². The molecule has 1 aromatic rings. The molecule has 0 saturated heterocycles. The molecule has 0 aromatic heterocycles. The predicted molar refractivity (Wildman–Crippen MR) is 73.0 cm³/mol. The Balaban J connectivity index is 2.52. The van der Waals surface area contributed by atoms with Gasteiger partial charge in [-0.15, -0.1) is 0 Å². The summed E-state index contributed by atoms with van der Waals surface area (Å²) in [5.74, 6) is 0.223. The zero-order valence-electron chi connectivity index (χ0n) is 10.6. The molecule has 0 heterocycles. The van der Waals surface area contributed by atoms with E-state index in [1.165, 1.54) is 5.56 Å². The van der Waals surface area contributed by atoms with Gasteiger partial charge >= 0.3 is 0 Å². The molecule has 0 unspecified atom stereocenters. The third-order valence-corrected chi connectivity index (χ3v) is 2.65. The number of benzene rings is 1. The molecule has 0 radical (unpaired) electrons. The predicted octanol–water partition coefficient (Wildman–Crippen LogP) is 4.10. The summed E-state index contributed by atoms with van der Waals surface area (Å²) in [6, 6.07) is 10.1. The average molecular weight is 228 g/mol. The number of rotatable bonds is 6. The Bertz CT molecular complexity index is 399. The fraction of sp³-hybridized carbons (Fsp3) is 0.312. The Morgan fingerprint density at radius 1 is 1.24 bits per heavy atom. The Labute approximate surface area is 104 Å². The van der Waals surface area contributed by atoms with Crippen molar-refractivity contribution >= 4 is 5.78 Å². The lowest BCUT2D eigenvalue weighted by Crippen LogP contribution is -2.02. The SMILES string of the molecule is C/C=C(\C=C/CC)C(=O)CCc1ccccc1. The van der Waals surface area contributed by atoms with E-state index in [4.69, 9.17) is 0 Å². The molecule has 1 rings (SSSR count). The third-order valence-electron chi connectivity index (χ3n) is 2.65. The van der Waals surface area contributed by atoms with Gasteiger partial charge in [-0.3, -0.25) is 4.79 Å². The van der Waals surface area contributed by atoms with Gasteiger partial charge in [0.2, 0.25) is 0 Å². The van der Waals surface area contributed by atoms with Crippen LogP contribution in [0.2, 0.25) is 0 Å². The van der Waals surface area contributed by atoms with Crippen LogP contribution in [-0.4, -0.2) is 5.78 Å². The Morgan fingerprint density at radius 2 is 1.94 bits per heavy atom.